The fraction of sp³-hybridized carbons (Fsp3) is 0.417. The van der Waals surface area contributed by atoms with E-state index < -0.39 is 0 Å². The van der Waals surface area contributed by atoms with Crippen molar-refractivity contribution < 1.29 is 4.79 Å². The van der Waals surface area contributed by atoms with Crippen LogP contribution in [0.2, 0.25) is 0 Å². The first-order valence-corrected chi connectivity index (χ1v) is 5.56. The standard InChI is InChI=1S/C12H17N3O/c1-13-8-14-5-4-9-2-3-11-10(6-9)7-12(16)15-11/h2-3,6,13-14H,4-5,7-8H2,1H3,(H,15,16). The molecule has 0 saturated carbocycles. The van der Waals surface area contributed by atoms with Crippen molar-refractivity contribution in [2.75, 3.05) is 25.6 Å². The molecule has 0 fully saturated rings. The maximum absolute atomic E-state index is 11.2. The van der Waals surface area contributed by atoms with Crippen LogP contribution in [0.15, 0.2) is 18.2 Å². The molecule has 4 nitrogen and oxygen atoms in total. The molecule has 1 heterocycles. The van der Waals surface area contributed by atoms with Crippen molar-refractivity contribution >= 4 is 11.6 Å². The van der Waals surface area contributed by atoms with Crippen LogP contribution in [-0.2, 0) is 17.6 Å². The van der Waals surface area contributed by atoms with Gasteiger partial charge in [0.2, 0.25) is 5.91 Å². The van der Waals surface area contributed by atoms with E-state index in [1.54, 1.807) is 0 Å². The molecule has 86 valence electrons. The normalized spacial score (nSPS) is 13.7. The topological polar surface area (TPSA) is 53.2 Å². The Morgan fingerprint density at radius 2 is 2.31 bits per heavy atom. The van der Waals surface area contributed by atoms with E-state index in [2.05, 4.69) is 28.1 Å². The number of hydrogen-bond donors (Lipinski definition) is 3. The van der Waals surface area contributed by atoms with Gasteiger partial charge in [0.15, 0.2) is 0 Å². The number of fused-ring (bicyclic) bond motifs is 1. The van der Waals surface area contributed by atoms with E-state index >= 15 is 0 Å². The Kier molecular flexibility index (Phi) is 3.54. The van der Waals surface area contributed by atoms with Gasteiger partial charge in [-0.1, -0.05) is 12.1 Å². The van der Waals surface area contributed by atoms with Crippen molar-refractivity contribution in [3.63, 3.8) is 0 Å². The molecule has 0 radical (unpaired) electrons. The zero-order valence-corrected chi connectivity index (χ0v) is 9.47. The van der Waals surface area contributed by atoms with Gasteiger partial charge in [0, 0.05) is 18.9 Å². The van der Waals surface area contributed by atoms with Gasteiger partial charge in [-0.3, -0.25) is 4.79 Å². The minimum atomic E-state index is 0.0976. The number of amides is 1. The van der Waals surface area contributed by atoms with E-state index in [1.165, 1.54) is 5.56 Å². The van der Waals surface area contributed by atoms with Crippen LogP contribution >= 0.6 is 0 Å². The first-order chi connectivity index (χ1) is 7.79. The molecule has 0 unspecified atom stereocenters. The molecule has 1 aromatic carbocycles. The average molecular weight is 219 g/mol. The molecule has 0 aliphatic carbocycles. The van der Waals surface area contributed by atoms with Crippen molar-refractivity contribution in [1.82, 2.24) is 10.6 Å². The van der Waals surface area contributed by atoms with Crippen LogP contribution in [0.3, 0.4) is 0 Å². The lowest BCUT2D eigenvalue weighted by atomic mass is 10.1. The molecule has 0 atom stereocenters. The highest BCUT2D eigenvalue weighted by molar-refractivity contribution is 5.99. The van der Waals surface area contributed by atoms with Crippen LogP contribution in [0.25, 0.3) is 0 Å². The zero-order chi connectivity index (χ0) is 11.4. The van der Waals surface area contributed by atoms with Crippen LogP contribution in [0, 0.1) is 0 Å². The molecule has 1 aliphatic rings. The Bertz CT molecular complexity index is 390. The van der Waals surface area contributed by atoms with Gasteiger partial charge in [0.1, 0.15) is 0 Å². The second kappa shape index (κ2) is 5.09. The number of carbonyl (C=O) groups is 1. The van der Waals surface area contributed by atoms with Gasteiger partial charge in [-0.15, -0.1) is 0 Å². The number of benzene rings is 1. The molecule has 4 heteroatoms. The van der Waals surface area contributed by atoms with E-state index in [-0.39, 0.29) is 5.91 Å². The molecular weight excluding hydrogens is 202 g/mol. The average Bonchev–Trinajstić information content (AvgIpc) is 2.64. The Balaban J connectivity index is 1.92. The fourth-order valence-electron chi connectivity index (χ4n) is 1.88. The summed E-state index contributed by atoms with van der Waals surface area (Å²) >= 11 is 0. The molecule has 0 saturated heterocycles. The third-order valence-corrected chi connectivity index (χ3v) is 2.69. The van der Waals surface area contributed by atoms with Gasteiger partial charge in [-0.05, 0) is 30.7 Å². The van der Waals surface area contributed by atoms with Crippen molar-refractivity contribution in [3.05, 3.63) is 29.3 Å². The van der Waals surface area contributed by atoms with E-state index in [9.17, 15) is 4.79 Å². The molecule has 0 bridgehead atoms. The van der Waals surface area contributed by atoms with Crippen LogP contribution in [-0.4, -0.2) is 26.2 Å². The maximum Gasteiger partial charge on any atom is 0.228 e. The Morgan fingerprint density at radius 1 is 1.44 bits per heavy atom. The molecule has 3 N–H and O–H groups in total. The molecule has 1 aromatic rings. The second-order valence-corrected chi connectivity index (χ2v) is 4.00. The predicted octanol–water partition coefficient (Wildman–Crippen LogP) is 0.490. The summed E-state index contributed by atoms with van der Waals surface area (Å²) in [5.41, 5.74) is 3.37. The monoisotopic (exact) mass is 219 g/mol. The second-order valence-electron chi connectivity index (χ2n) is 4.00. The summed E-state index contributed by atoms with van der Waals surface area (Å²) in [5.74, 6) is 0.0976. The summed E-state index contributed by atoms with van der Waals surface area (Å²) < 4.78 is 0. The lowest BCUT2D eigenvalue weighted by molar-refractivity contribution is -0.115. The van der Waals surface area contributed by atoms with Gasteiger partial charge < -0.3 is 16.0 Å². The highest BCUT2D eigenvalue weighted by Crippen LogP contribution is 2.23. The molecule has 1 amide bonds. The lowest BCUT2D eigenvalue weighted by Crippen LogP contribution is -2.27. The number of nitrogens with one attached hydrogen (secondary N) is 3. The summed E-state index contributed by atoms with van der Waals surface area (Å²) in [6.07, 6.45) is 1.51. The van der Waals surface area contributed by atoms with Gasteiger partial charge in [0.05, 0.1) is 6.42 Å². The summed E-state index contributed by atoms with van der Waals surface area (Å²) in [6, 6.07) is 6.19. The number of anilines is 1. The smallest absolute Gasteiger partial charge is 0.228 e. The van der Waals surface area contributed by atoms with Crippen LogP contribution in [0.1, 0.15) is 11.1 Å². The van der Waals surface area contributed by atoms with E-state index in [0.29, 0.717) is 6.42 Å². The third kappa shape index (κ3) is 2.59. The van der Waals surface area contributed by atoms with E-state index in [4.69, 9.17) is 0 Å². The molecule has 0 aromatic heterocycles. The van der Waals surface area contributed by atoms with Crippen LogP contribution in [0.5, 0.6) is 0 Å². The summed E-state index contributed by atoms with van der Waals surface area (Å²) in [4.78, 5) is 11.2. The fourth-order valence-corrected chi connectivity index (χ4v) is 1.88. The predicted molar refractivity (Wildman–Crippen MR) is 64.4 cm³/mol. The van der Waals surface area contributed by atoms with Crippen molar-refractivity contribution in [3.8, 4) is 0 Å². The Labute approximate surface area is 95.4 Å². The summed E-state index contributed by atoms with van der Waals surface area (Å²) in [7, 11) is 1.92. The largest absolute Gasteiger partial charge is 0.326 e. The molecule has 16 heavy (non-hydrogen) atoms. The molecular formula is C12H17N3O. The first kappa shape index (κ1) is 11.1. The summed E-state index contributed by atoms with van der Waals surface area (Å²) in [6.45, 7) is 1.77. The molecule has 1 aliphatic heterocycles. The van der Waals surface area contributed by atoms with Gasteiger partial charge in [0.25, 0.3) is 0 Å². The van der Waals surface area contributed by atoms with E-state index in [0.717, 1.165) is 30.9 Å². The Morgan fingerprint density at radius 3 is 3.12 bits per heavy atom. The number of rotatable bonds is 5. The highest BCUT2D eigenvalue weighted by Gasteiger charge is 2.16. The van der Waals surface area contributed by atoms with Crippen LogP contribution in [0.4, 0.5) is 5.69 Å². The maximum atomic E-state index is 11.2. The molecule has 2 rings (SSSR count). The summed E-state index contributed by atoms with van der Waals surface area (Å²) in [5, 5.41) is 9.14. The van der Waals surface area contributed by atoms with Crippen LogP contribution < -0.4 is 16.0 Å². The van der Waals surface area contributed by atoms with Gasteiger partial charge >= 0.3 is 0 Å². The number of hydrogen-bond acceptors (Lipinski definition) is 3. The number of carbonyl (C=O) groups excluding carboxylic acids is 1. The highest BCUT2D eigenvalue weighted by atomic mass is 16.1. The van der Waals surface area contributed by atoms with Crippen molar-refractivity contribution in [2.24, 2.45) is 0 Å². The van der Waals surface area contributed by atoms with Crippen molar-refractivity contribution in [1.29, 1.82) is 0 Å². The zero-order valence-electron chi connectivity index (χ0n) is 9.47. The third-order valence-electron chi connectivity index (χ3n) is 2.69. The molecule has 0 spiro atoms. The lowest BCUT2D eigenvalue weighted by Gasteiger charge is -2.05. The minimum Gasteiger partial charge on any atom is -0.326 e. The van der Waals surface area contributed by atoms with Gasteiger partial charge in [-0.25, -0.2) is 0 Å². The quantitative estimate of drug-likeness (QED) is 0.499. The van der Waals surface area contributed by atoms with E-state index in [1.807, 2.05) is 13.1 Å². The Hall–Kier alpha value is -1.39. The first-order valence-electron chi connectivity index (χ1n) is 5.56. The van der Waals surface area contributed by atoms with Crippen molar-refractivity contribution in [2.45, 2.75) is 12.8 Å². The van der Waals surface area contributed by atoms with Gasteiger partial charge in [-0.2, -0.15) is 0 Å². The SMILES string of the molecule is CNCNCCc1ccc2c(c1)CC(=O)N2. The minimum absolute atomic E-state index is 0.0976.